The minimum absolute atomic E-state index is 0.0934. The van der Waals surface area contributed by atoms with E-state index in [0.29, 0.717) is 15.9 Å². The highest BCUT2D eigenvalue weighted by atomic mass is 35.5. The summed E-state index contributed by atoms with van der Waals surface area (Å²) in [6, 6.07) is 4.46. The lowest BCUT2D eigenvalue weighted by Crippen LogP contribution is -2.05. The molecule has 7 heteroatoms. The molecular weight excluding hydrogens is 279 g/mol. The van der Waals surface area contributed by atoms with E-state index in [1.54, 1.807) is 6.92 Å². The first-order valence-corrected chi connectivity index (χ1v) is 5.72. The number of benzene rings is 1. The Balaban J connectivity index is 2.03. The Morgan fingerprint density at radius 3 is 2.50 bits per heavy atom. The fourth-order valence-corrected chi connectivity index (χ4v) is 1.80. The standard InChI is InChI=1S/C11H8Cl2N2O3/c1-6-14-15-10(18-6)5-17-11(16)7-2-8(12)4-9(13)3-7/h2-4H,5H2,1H3. The van der Waals surface area contributed by atoms with Crippen molar-refractivity contribution in [1.82, 2.24) is 10.2 Å². The van der Waals surface area contributed by atoms with E-state index in [4.69, 9.17) is 32.4 Å². The average Bonchev–Trinajstić information content (AvgIpc) is 2.70. The molecule has 0 aliphatic carbocycles. The molecule has 0 spiro atoms. The van der Waals surface area contributed by atoms with Gasteiger partial charge in [0.1, 0.15) is 0 Å². The normalized spacial score (nSPS) is 10.4. The van der Waals surface area contributed by atoms with E-state index in [9.17, 15) is 4.79 Å². The molecule has 2 aromatic rings. The third kappa shape index (κ3) is 3.21. The summed E-state index contributed by atoms with van der Waals surface area (Å²) in [5.41, 5.74) is 0.267. The molecule has 0 aliphatic heterocycles. The van der Waals surface area contributed by atoms with Crippen molar-refractivity contribution in [2.75, 3.05) is 0 Å². The van der Waals surface area contributed by atoms with Gasteiger partial charge in [-0.15, -0.1) is 10.2 Å². The maximum absolute atomic E-state index is 11.7. The molecule has 5 nitrogen and oxygen atoms in total. The molecule has 1 heterocycles. The molecule has 18 heavy (non-hydrogen) atoms. The zero-order valence-electron chi connectivity index (χ0n) is 9.31. The summed E-state index contributed by atoms with van der Waals surface area (Å²) in [4.78, 5) is 11.7. The summed E-state index contributed by atoms with van der Waals surface area (Å²) in [6.45, 7) is 1.55. The second-order valence-corrected chi connectivity index (χ2v) is 4.32. The number of nitrogens with zero attached hydrogens (tertiary/aromatic N) is 2. The highest BCUT2D eigenvalue weighted by Gasteiger charge is 2.11. The lowest BCUT2D eigenvalue weighted by atomic mass is 10.2. The second-order valence-electron chi connectivity index (χ2n) is 3.45. The Morgan fingerprint density at radius 1 is 1.28 bits per heavy atom. The number of carbonyl (C=O) groups is 1. The molecule has 0 saturated heterocycles. The van der Waals surface area contributed by atoms with E-state index in [0.717, 1.165) is 0 Å². The largest absolute Gasteiger partial charge is 0.452 e. The van der Waals surface area contributed by atoms with Crippen LogP contribution >= 0.6 is 23.2 Å². The van der Waals surface area contributed by atoms with Gasteiger partial charge in [-0.05, 0) is 18.2 Å². The summed E-state index contributed by atoms with van der Waals surface area (Å²) in [7, 11) is 0. The van der Waals surface area contributed by atoms with Gasteiger partial charge in [-0.25, -0.2) is 4.79 Å². The number of ether oxygens (including phenoxy) is 1. The predicted molar refractivity (Wildman–Crippen MR) is 64.6 cm³/mol. The predicted octanol–water partition coefficient (Wildman–Crippen LogP) is 3.04. The first kappa shape index (κ1) is 12.9. The minimum atomic E-state index is -0.560. The summed E-state index contributed by atoms with van der Waals surface area (Å²) in [6.07, 6.45) is 0. The molecule has 0 unspecified atom stereocenters. The summed E-state index contributed by atoms with van der Waals surface area (Å²) >= 11 is 11.6. The van der Waals surface area contributed by atoms with Gasteiger partial charge in [-0.1, -0.05) is 23.2 Å². The van der Waals surface area contributed by atoms with Crippen LogP contribution in [0.2, 0.25) is 10.0 Å². The Labute approximate surface area is 113 Å². The number of halogens is 2. The SMILES string of the molecule is Cc1nnc(COC(=O)c2cc(Cl)cc(Cl)c2)o1. The molecule has 1 aromatic heterocycles. The monoisotopic (exact) mass is 286 g/mol. The maximum Gasteiger partial charge on any atom is 0.338 e. The van der Waals surface area contributed by atoms with Gasteiger partial charge in [0.15, 0.2) is 6.61 Å². The van der Waals surface area contributed by atoms with E-state index in [1.165, 1.54) is 18.2 Å². The number of rotatable bonds is 3. The van der Waals surface area contributed by atoms with Gasteiger partial charge in [0.2, 0.25) is 5.89 Å². The highest BCUT2D eigenvalue weighted by Crippen LogP contribution is 2.19. The Bertz CT molecular complexity index is 563. The van der Waals surface area contributed by atoms with E-state index in [2.05, 4.69) is 10.2 Å². The molecule has 0 saturated carbocycles. The van der Waals surface area contributed by atoms with Gasteiger partial charge in [0, 0.05) is 17.0 Å². The molecule has 0 bridgehead atoms. The van der Waals surface area contributed by atoms with Crippen LogP contribution in [0.3, 0.4) is 0 Å². The molecule has 2 rings (SSSR count). The van der Waals surface area contributed by atoms with Gasteiger partial charge >= 0.3 is 5.97 Å². The van der Waals surface area contributed by atoms with E-state index in [1.807, 2.05) is 0 Å². The van der Waals surface area contributed by atoms with Crippen molar-refractivity contribution in [3.63, 3.8) is 0 Å². The molecule has 0 fully saturated rings. The number of aromatic nitrogens is 2. The fourth-order valence-electron chi connectivity index (χ4n) is 1.28. The summed E-state index contributed by atoms with van der Waals surface area (Å²) in [5, 5.41) is 8.04. The van der Waals surface area contributed by atoms with Crippen molar-refractivity contribution in [3.8, 4) is 0 Å². The maximum atomic E-state index is 11.7. The van der Waals surface area contributed by atoms with Crippen molar-refractivity contribution in [2.45, 2.75) is 13.5 Å². The van der Waals surface area contributed by atoms with Crippen LogP contribution in [0, 0.1) is 6.92 Å². The molecule has 0 aliphatic rings. The first-order valence-electron chi connectivity index (χ1n) is 4.97. The van der Waals surface area contributed by atoms with Gasteiger partial charge in [0.25, 0.3) is 5.89 Å². The second kappa shape index (κ2) is 5.37. The Kier molecular flexibility index (Phi) is 3.84. The Morgan fingerprint density at radius 2 is 1.94 bits per heavy atom. The van der Waals surface area contributed by atoms with E-state index in [-0.39, 0.29) is 18.1 Å². The number of esters is 1. The molecular formula is C11H8Cl2N2O3. The lowest BCUT2D eigenvalue weighted by molar-refractivity contribution is 0.0437. The van der Waals surface area contributed by atoms with Crippen molar-refractivity contribution in [2.24, 2.45) is 0 Å². The third-order valence-corrected chi connectivity index (χ3v) is 2.43. The Hall–Kier alpha value is -1.59. The fraction of sp³-hybridized carbons (Fsp3) is 0.182. The van der Waals surface area contributed by atoms with Gasteiger partial charge < -0.3 is 9.15 Å². The average molecular weight is 287 g/mol. The first-order chi connectivity index (χ1) is 8.54. The summed E-state index contributed by atoms with van der Waals surface area (Å²) < 4.78 is 10.1. The van der Waals surface area contributed by atoms with Crippen LogP contribution in [0.15, 0.2) is 22.6 Å². The number of hydrogen-bond acceptors (Lipinski definition) is 5. The van der Waals surface area contributed by atoms with Gasteiger partial charge in [0.05, 0.1) is 5.56 Å². The molecule has 94 valence electrons. The van der Waals surface area contributed by atoms with Gasteiger partial charge in [-0.2, -0.15) is 0 Å². The van der Waals surface area contributed by atoms with Crippen molar-refractivity contribution in [3.05, 3.63) is 45.6 Å². The van der Waals surface area contributed by atoms with Crippen molar-refractivity contribution >= 4 is 29.2 Å². The molecule has 1 aromatic carbocycles. The van der Waals surface area contributed by atoms with E-state index >= 15 is 0 Å². The van der Waals surface area contributed by atoms with Crippen LogP contribution in [-0.4, -0.2) is 16.2 Å². The van der Waals surface area contributed by atoms with Crippen LogP contribution in [0.5, 0.6) is 0 Å². The number of hydrogen-bond donors (Lipinski definition) is 0. The van der Waals surface area contributed by atoms with Crippen LogP contribution in [0.4, 0.5) is 0 Å². The molecule has 0 amide bonds. The van der Waals surface area contributed by atoms with Crippen LogP contribution in [0.25, 0.3) is 0 Å². The van der Waals surface area contributed by atoms with Crippen LogP contribution in [-0.2, 0) is 11.3 Å². The third-order valence-electron chi connectivity index (χ3n) is 1.99. The van der Waals surface area contributed by atoms with E-state index < -0.39 is 5.97 Å². The zero-order chi connectivity index (χ0) is 13.1. The smallest absolute Gasteiger partial charge is 0.338 e. The number of aryl methyl sites for hydroxylation is 1. The minimum Gasteiger partial charge on any atom is -0.452 e. The topological polar surface area (TPSA) is 65.2 Å². The van der Waals surface area contributed by atoms with Gasteiger partial charge in [-0.3, -0.25) is 0 Å². The highest BCUT2D eigenvalue weighted by molar-refractivity contribution is 6.35. The quantitative estimate of drug-likeness (QED) is 0.812. The molecule has 0 radical (unpaired) electrons. The molecule has 0 atom stereocenters. The lowest BCUT2D eigenvalue weighted by Gasteiger charge is -2.03. The summed E-state index contributed by atoms with van der Waals surface area (Å²) in [5.74, 6) is 0.0797. The van der Waals surface area contributed by atoms with Crippen molar-refractivity contribution < 1.29 is 13.9 Å². The molecule has 0 N–H and O–H groups in total. The van der Waals surface area contributed by atoms with Crippen LogP contribution < -0.4 is 0 Å². The van der Waals surface area contributed by atoms with Crippen LogP contribution in [0.1, 0.15) is 22.1 Å². The van der Waals surface area contributed by atoms with Crippen molar-refractivity contribution in [1.29, 1.82) is 0 Å². The zero-order valence-corrected chi connectivity index (χ0v) is 10.8. The number of carbonyl (C=O) groups excluding carboxylic acids is 1.